The second-order valence-electron chi connectivity index (χ2n) is 12.4. The number of fused-ring (bicyclic) bond motifs is 1. The molecule has 10 nitrogen and oxygen atoms in total. The number of carboxylic acids is 1. The third kappa shape index (κ3) is 6.64. The molecule has 13 heteroatoms. The van der Waals surface area contributed by atoms with Gasteiger partial charge in [-0.25, -0.2) is 14.2 Å². The van der Waals surface area contributed by atoms with E-state index in [2.05, 4.69) is 15.2 Å². The zero-order chi connectivity index (χ0) is 31.7. The van der Waals surface area contributed by atoms with Crippen LogP contribution < -0.4 is 5.32 Å². The summed E-state index contributed by atoms with van der Waals surface area (Å²) in [5.74, 6) is -1.13. The molecular formula is C32H37ClFN5O5S. The van der Waals surface area contributed by atoms with Gasteiger partial charge in [0.05, 0.1) is 22.6 Å². The standard InChI is InChI=1S/C32H37ClFN5O5S/c1-2-44-30(41)25-23(36-28(29-35-11-13-45-29)37-27(25)21-7-5-8-22(34)26(21)33)17-38-12-4-3-6-19-14-24(40)39(16-20(19)15-38)18-32(9-10-32)31(42)43/h5,7-8,11,13,19-20,27H,2-4,6,9-10,12,14-18H2,1H3,(H,36,37)(H,42,43). The van der Waals surface area contributed by atoms with E-state index in [1.165, 1.54) is 17.4 Å². The first-order valence-electron chi connectivity index (χ1n) is 15.5. The van der Waals surface area contributed by atoms with Crippen molar-refractivity contribution in [2.24, 2.45) is 22.2 Å². The Kier molecular flexibility index (Phi) is 9.26. The average molecular weight is 658 g/mol. The maximum atomic E-state index is 14.7. The highest BCUT2D eigenvalue weighted by Crippen LogP contribution is 2.47. The van der Waals surface area contributed by atoms with Crippen molar-refractivity contribution in [1.29, 1.82) is 0 Å². The minimum atomic E-state index is -0.918. The number of aliphatic imine (C=N–C) groups is 1. The zero-order valence-electron chi connectivity index (χ0n) is 25.1. The molecule has 3 unspecified atom stereocenters. The number of aliphatic carboxylic acids is 1. The van der Waals surface area contributed by atoms with E-state index in [9.17, 15) is 23.9 Å². The van der Waals surface area contributed by atoms with E-state index < -0.39 is 29.2 Å². The zero-order valence-corrected chi connectivity index (χ0v) is 26.7. The fourth-order valence-electron chi connectivity index (χ4n) is 6.81. The third-order valence-corrected chi connectivity index (χ3v) is 10.6. The normalized spacial score (nSPS) is 25.0. The lowest BCUT2D eigenvalue weighted by atomic mass is 9.79. The molecule has 4 aliphatic rings. The highest BCUT2D eigenvalue weighted by atomic mass is 35.5. The molecule has 1 aromatic heterocycles. The number of hydrogen-bond donors (Lipinski definition) is 2. The number of halogens is 2. The van der Waals surface area contributed by atoms with E-state index in [4.69, 9.17) is 21.3 Å². The smallest absolute Gasteiger partial charge is 0.338 e. The van der Waals surface area contributed by atoms with Gasteiger partial charge in [0.2, 0.25) is 5.91 Å². The Hall–Kier alpha value is -3.35. The van der Waals surface area contributed by atoms with Crippen molar-refractivity contribution in [2.45, 2.75) is 51.5 Å². The Labute approximate surface area is 270 Å². The van der Waals surface area contributed by atoms with E-state index >= 15 is 0 Å². The van der Waals surface area contributed by atoms with Gasteiger partial charge in [-0.1, -0.05) is 30.2 Å². The van der Waals surface area contributed by atoms with Crippen LogP contribution in [-0.2, 0) is 19.1 Å². The summed E-state index contributed by atoms with van der Waals surface area (Å²) in [5, 5.41) is 15.5. The lowest BCUT2D eigenvalue weighted by Gasteiger charge is -2.43. The van der Waals surface area contributed by atoms with Crippen LogP contribution in [0.3, 0.4) is 0 Å². The second-order valence-corrected chi connectivity index (χ2v) is 13.7. The summed E-state index contributed by atoms with van der Waals surface area (Å²) < 4.78 is 20.2. The molecule has 1 saturated carbocycles. The Morgan fingerprint density at radius 1 is 1.24 bits per heavy atom. The number of nitrogens with zero attached hydrogens (tertiary/aromatic N) is 4. The van der Waals surface area contributed by atoms with Crippen LogP contribution in [0.2, 0.25) is 5.02 Å². The minimum absolute atomic E-state index is 0.0382. The molecule has 2 saturated heterocycles. The molecule has 0 radical (unpaired) electrons. The molecule has 2 aromatic rings. The second kappa shape index (κ2) is 13.2. The van der Waals surface area contributed by atoms with Gasteiger partial charge in [0, 0.05) is 55.4 Å². The van der Waals surface area contributed by atoms with Crippen LogP contribution in [0, 0.1) is 23.1 Å². The van der Waals surface area contributed by atoms with Crippen molar-refractivity contribution in [1.82, 2.24) is 20.1 Å². The van der Waals surface area contributed by atoms with Crippen molar-refractivity contribution in [3.8, 4) is 0 Å². The van der Waals surface area contributed by atoms with Gasteiger partial charge >= 0.3 is 11.9 Å². The van der Waals surface area contributed by atoms with Crippen LogP contribution >= 0.6 is 22.9 Å². The fraction of sp³-hybridized carbons (Fsp3) is 0.531. The van der Waals surface area contributed by atoms with Gasteiger partial charge in [-0.15, -0.1) is 11.3 Å². The van der Waals surface area contributed by atoms with Gasteiger partial charge in [-0.3, -0.25) is 19.5 Å². The maximum absolute atomic E-state index is 14.7. The van der Waals surface area contributed by atoms with Gasteiger partial charge in [0.1, 0.15) is 11.9 Å². The number of amidine groups is 1. The summed E-state index contributed by atoms with van der Waals surface area (Å²) in [5.41, 5.74) is 0.395. The van der Waals surface area contributed by atoms with E-state index in [-0.39, 0.29) is 41.5 Å². The van der Waals surface area contributed by atoms with Crippen molar-refractivity contribution in [3.05, 3.63) is 62.5 Å². The van der Waals surface area contributed by atoms with Crippen LogP contribution in [0.5, 0.6) is 0 Å². The number of hydrogen-bond acceptors (Lipinski definition) is 9. The van der Waals surface area contributed by atoms with Crippen LogP contribution in [0.25, 0.3) is 0 Å². The van der Waals surface area contributed by atoms with Crippen LogP contribution in [0.4, 0.5) is 4.39 Å². The Morgan fingerprint density at radius 3 is 2.78 bits per heavy atom. The van der Waals surface area contributed by atoms with Gasteiger partial charge < -0.3 is 20.1 Å². The molecule has 0 bridgehead atoms. The SMILES string of the molecule is CCOC(=O)C1=C(CN2CCCCC3CC(=O)N(CC4(C(=O)O)CC4)CC3C2)NC(c2nccs2)=NC1c1cccc(F)c1Cl. The molecule has 1 amide bonds. The molecule has 6 rings (SSSR count). The lowest BCUT2D eigenvalue weighted by Crippen LogP contribution is -2.52. The molecule has 1 aromatic carbocycles. The van der Waals surface area contributed by atoms with Crippen molar-refractivity contribution < 1.29 is 28.6 Å². The molecule has 2 N–H and O–H groups in total. The summed E-state index contributed by atoms with van der Waals surface area (Å²) in [6.45, 7) is 4.45. The Bertz CT molecular complexity index is 1530. The summed E-state index contributed by atoms with van der Waals surface area (Å²) >= 11 is 7.86. The van der Waals surface area contributed by atoms with E-state index in [1.807, 2.05) is 5.38 Å². The van der Waals surface area contributed by atoms with Gasteiger partial charge in [0.15, 0.2) is 10.8 Å². The number of rotatable bonds is 9. The number of carboxylic acid groups (broad SMARTS) is 1. The number of thiazole rings is 1. The fourth-order valence-corrected chi connectivity index (χ4v) is 7.63. The average Bonchev–Trinajstić information content (AvgIpc) is 3.58. The first-order valence-corrected chi connectivity index (χ1v) is 16.8. The highest BCUT2D eigenvalue weighted by Gasteiger charge is 2.53. The van der Waals surface area contributed by atoms with Crippen LogP contribution in [0.15, 0.2) is 46.0 Å². The molecule has 0 spiro atoms. The highest BCUT2D eigenvalue weighted by molar-refractivity contribution is 7.11. The third-order valence-electron chi connectivity index (χ3n) is 9.42. The first-order chi connectivity index (χ1) is 21.7. The first kappa shape index (κ1) is 31.6. The summed E-state index contributed by atoms with van der Waals surface area (Å²) in [6, 6.07) is 3.56. The number of ether oxygens (including phenoxy) is 1. The number of amides is 1. The Balaban J connectivity index is 1.32. The van der Waals surface area contributed by atoms with Crippen molar-refractivity contribution >= 4 is 46.6 Å². The van der Waals surface area contributed by atoms with E-state index in [0.29, 0.717) is 61.0 Å². The predicted octanol–water partition coefficient (Wildman–Crippen LogP) is 4.66. The molecule has 3 aliphatic heterocycles. The quantitative estimate of drug-likeness (QED) is 0.373. The topological polar surface area (TPSA) is 124 Å². The molecule has 240 valence electrons. The Morgan fingerprint density at radius 2 is 2.07 bits per heavy atom. The summed E-state index contributed by atoms with van der Waals surface area (Å²) in [6.07, 6.45) is 6.14. The number of nitrogens with one attached hydrogen (secondary N) is 1. The number of piperidine rings is 1. The molecule has 4 heterocycles. The number of esters is 1. The molecular weight excluding hydrogens is 621 g/mol. The van der Waals surface area contributed by atoms with E-state index in [0.717, 1.165) is 25.8 Å². The molecule has 45 heavy (non-hydrogen) atoms. The molecule has 3 fully saturated rings. The van der Waals surface area contributed by atoms with Crippen molar-refractivity contribution in [2.75, 3.05) is 39.3 Å². The van der Waals surface area contributed by atoms with Crippen LogP contribution in [-0.4, -0.2) is 82.9 Å². The molecule has 1 aliphatic carbocycles. The summed E-state index contributed by atoms with van der Waals surface area (Å²) in [4.78, 5) is 51.9. The number of aromatic nitrogens is 1. The lowest BCUT2D eigenvalue weighted by molar-refractivity contribution is -0.147. The largest absolute Gasteiger partial charge is 0.481 e. The number of likely N-dealkylation sites (tertiary alicyclic amines) is 2. The predicted molar refractivity (Wildman–Crippen MR) is 167 cm³/mol. The van der Waals surface area contributed by atoms with Gasteiger partial charge in [-0.2, -0.15) is 0 Å². The number of carbonyl (C=O) groups excluding carboxylic acids is 2. The maximum Gasteiger partial charge on any atom is 0.338 e. The molecule has 3 atom stereocenters. The van der Waals surface area contributed by atoms with Crippen molar-refractivity contribution in [3.63, 3.8) is 0 Å². The van der Waals surface area contributed by atoms with E-state index in [1.54, 1.807) is 30.2 Å². The van der Waals surface area contributed by atoms with Crippen LogP contribution in [0.1, 0.15) is 62.1 Å². The van der Waals surface area contributed by atoms with Gasteiger partial charge in [0.25, 0.3) is 0 Å². The van der Waals surface area contributed by atoms with Gasteiger partial charge in [-0.05, 0) is 57.1 Å². The number of carbonyl (C=O) groups is 3. The minimum Gasteiger partial charge on any atom is -0.481 e. The number of benzene rings is 1. The monoisotopic (exact) mass is 657 g/mol. The summed E-state index contributed by atoms with van der Waals surface area (Å²) in [7, 11) is 0.